The van der Waals surface area contributed by atoms with E-state index in [0.717, 1.165) is 12.8 Å². The van der Waals surface area contributed by atoms with Gasteiger partial charge in [0.1, 0.15) is 0 Å². The summed E-state index contributed by atoms with van der Waals surface area (Å²) in [4.78, 5) is 23.3. The molecule has 1 saturated carbocycles. The second kappa shape index (κ2) is 4.46. The minimum atomic E-state index is -0.458. The van der Waals surface area contributed by atoms with Crippen LogP contribution in [0.25, 0.3) is 11.1 Å². The molecule has 1 aliphatic carbocycles. The lowest BCUT2D eigenvalue weighted by molar-refractivity contribution is -0.121. The van der Waals surface area contributed by atoms with Crippen molar-refractivity contribution in [2.75, 3.05) is 5.73 Å². The lowest BCUT2D eigenvalue weighted by Gasteiger charge is -2.04. The number of rotatable bonds is 4. The zero-order valence-corrected chi connectivity index (χ0v) is 10.4. The molecule has 1 aromatic carbocycles. The highest BCUT2D eigenvalue weighted by Gasteiger charge is 2.23. The van der Waals surface area contributed by atoms with Crippen LogP contribution < -0.4 is 16.8 Å². The van der Waals surface area contributed by atoms with Crippen molar-refractivity contribution in [3.05, 3.63) is 28.7 Å². The van der Waals surface area contributed by atoms with E-state index in [1.54, 1.807) is 18.2 Å². The van der Waals surface area contributed by atoms with Crippen LogP contribution >= 0.6 is 0 Å². The third-order valence-corrected chi connectivity index (χ3v) is 3.20. The van der Waals surface area contributed by atoms with Gasteiger partial charge in [-0.1, -0.05) is 0 Å². The Balaban J connectivity index is 1.79. The molecule has 100 valence electrons. The number of nitrogen functional groups attached to an aromatic ring is 1. The predicted octanol–water partition coefficient (Wildman–Crippen LogP) is 0.845. The first kappa shape index (κ1) is 11.8. The normalized spacial score (nSPS) is 14.7. The largest absolute Gasteiger partial charge is 0.419 e. The van der Waals surface area contributed by atoms with Gasteiger partial charge in [0.05, 0.1) is 5.52 Å². The Labute approximate surface area is 109 Å². The number of amides is 1. The lowest BCUT2D eigenvalue weighted by atomic mass is 10.3. The topological polar surface area (TPSA) is 90.3 Å². The Kier molecular flexibility index (Phi) is 2.77. The first-order valence-corrected chi connectivity index (χ1v) is 6.32. The van der Waals surface area contributed by atoms with E-state index in [1.165, 1.54) is 4.57 Å². The van der Waals surface area contributed by atoms with Crippen LogP contribution in [0.1, 0.15) is 19.3 Å². The predicted molar refractivity (Wildman–Crippen MR) is 70.7 cm³/mol. The fraction of sp³-hybridized carbons (Fsp3) is 0.385. The van der Waals surface area contributed by atoms with Crippen molar-refractivity contribution in [3.63, 3.8) is 0 Å². The summed E-state index contributed by atoms with van der Waals surface area (Å²) in [5.74, 6) is -0.493. The molecule has 3 N–H and O–H groups in total. The van der Waals surface area contributed by atoms with Gasteiger partial charge >= 0.3 is 5.76 Å². The van der Waals surface area contributed by atoms with Crippen molar-refractivity contribution in [1.29, 1.82) is 0 Å². The van der Waals surface area contributed by atoms with E-state index < -0.39 is 5.76 Å². The summed E-state index contributed by atoms with van der Waals surface area (Å²) in [5.41, 5.74) is 7.37. The summed E-state index contributed by atoms with van der Waals surface area (Å²) in [6.45, 7) is 0.299. The van der Waals surface area contributed by atoms with Crippen molar-refractivity contribution in [2.24, 2.45) is 0 Å². The molecule has 6 nitrogen and oxygen atoms in total. The second-order valence-corrected chi connectivity index (χ2v) is 4.84. The maximum Gasteiger partial charge on any atom is 0.419 e. The van der Waals surface area contributed by atoms with Gasteiger partial charge in [-0.05, 0) is 31.0 Å². The smallest absolute Gasteiger partial charge is 0.408 e. The molecule has 0 bridgehead atoms. The molecule has 1 amide bonds. The summed E-state index contributed by atoms with van der Waals surface area (Å²) in [7, 11) is 0. The van der Waals surface area contributed by atoms with E-state index in [0.29, 0.717) is 29.4 Å². The first-order valence-electron chi connectivity index (χ1n) is 6.32. The van der Waals surface area contributed by atoms with Gasteiger partial charge in [0.2, 0.25) is 5.91 Å². The number of benzene rings is 1. The summed E-state index contributed by atoms with van der Waals surface area (Å²) in [6.07, 6.45) is 2.37. The number of anilines is 1. The molecule has 0 saturated heterocycles. The van der Waals surface area contributed by atoms with E-state index in [1.807, 2.05) is 0 Å². The molecule has 1 fully saturated rings. The van der Waals surface area contributed by atoms with Gasteiger partial charge in [-0.15, -0.1) is 0 Å². The van der Waals surface area contributed by atoms with Crippen LogP contribution in [-0.4, -0.2) is 16.5 Å². The lowest BCUT2D eigenvalue weighted by Crippen LogP contribution is -2.27. The standard InChI is InChI=1S/C13H15N3O3/c14-8-1-4-11-10(7-8)16(13(18)19-11)6-5-12(17)15-9-2-3-9/h1,4,7,9H,2-3,5-6,14H2,(H,15,17). The summed E-state index contributed by atoms with van der Waals surface area (Å²) in [5, 5.41) is 2.89. The summed E-state index contributed by atoms with van der Waals surface area (Å²) in [6, 6.07) is 5.35. The van der Waals surface area contributed by atoms with Crippen LogP contribution in [0, 0.1) is 0 Å². The molecule has 0 aliphatic heterocycles. The van der Waals surface area contributed by atoms with E-state index in [2.05, 4.69) is 5.32 Å². The van der Waals surface area contributed by atoms with Gasteiger partial charge in [0.25, 0.3) is 0 Å². The number of hydrogen-bond acceptors (Lipinski definition) is 4. The average Bonchev–Trinajstić information content (AvgIpc) is 3.11. The number of carbonyl (C=O) groups is 1. The average molecular weight is 261 g/mol. The van der Waals surface area contributed by atoms with Gasteiger partial charge in [-0.2, -0.15) is 0 Å². The van der Waals surface area contributed by atoms with Gasteiger partial charge in [0.15, 0.2) is 5.58 Å². The Morgan fingerprint density at radius 1 is 1.47 bits per heavy atom. The van der Waals surface area contributed by atoms with E-state index in [4.69, 9.17) is 10.2 Å². The monoisotopic (exact) mass is 261 g/mol. The van der Waals surface area contributed by atoms with Crippen molar-refractivity contribution >= 4 is 22.7 Å². The van der Waals surface area contributed by atoms with Crippen LogP contribution in [0.5, 0.6) is 0 Å². The third kappa shape index (κ3) is 2.47. The zero-order chi connectivity index (χ0) is 13.4. The zero-order valence-electron chi connectivity index (χ0n) is 10.4. The van der Waals surface area contributed by atoms with Crippen LogP contribution in [0.15, 0.2) is 27.4 Å². The number of nitrogens with zero attached hydrogens (tertiary/aromatic N) is 1. The highest BCUT2D eigenvalue weighted by molar-refractivity contribution is 5.78. The number of nitrogens with two attached hydrogens (primary N) is 1. The van der Waals surface area contributed by atoms with Crippen LogP contribution in [0.2, 0.25) is 0 Å². The van der Waals surface area contributed by atoms with Crippen molar-refractivity contribution in [1.82, 2.24) is 9.88 Å². The molecule has 0 spiro atoms. The van der Waals surface area contributed by atoms with Crippen molar-refractivity contribution < 1.29 is 9.21 Å². The minimum Gasteiger partial charge on any atom is -0.408 e. The molecule has 2 aromatic rings. The molecule has 1 aliphatic rings. The Morgan fingerprint density at radius 3 is 3.00 bits per heavy atom. The highest BCUT2D eigenvalue weighted by Crippen LogP contribution is 2.19. The Bertz CT molecular complexity index is 682. The van der Waals surface area contributed by atoms with Crippen LogP contribution in [0.3, 0.4) is 0 Å². The maximum atomic E-state index is 11.7. The number of aryl methyl sites for hydroxylation is 1. The quantitative estimate of drug-likeness (QED) is 0.798. The molecule has 0 unspecified atom stereocenters. The van der Waals surface area contributed by atoms with E-state index in [9.17, 15) is 9.59 Å². The SMILES string of the molecule is Nc1ccc2oc(=O)n(CCC(=O)NC3CC3)c2c1. The van der Waals surface area contributed by atoms with Crippen LogP contribution in [-0.2, 0) is 11.3 Å². The van der Waals surface area contributed by atoms with Gasteiger partial charge in [-0.3, -0.25) is 9.36 Å². The Hall–Kier alpha value is -2.24. The summed E-state index contributed by atoms with van der Waals surface area (Å²) < 4.78 is 6.54. The molecule has 0 atom stereocenters. The van der Waals surface area contributed by atoms with Crippen molar-refractivity contribution in [3.8, 4) is 0 Å². The number of aromatic nitrogens is 1. The summed E-state index contributed by atoms with van der Waals surface area (Å²) >= 11 is 0. The third-order valence-electron chi connectivity index (χ3n) is 3.20. The molecular formula is C13H15N3O3. The molecule has 3 rings (SSSR count). The fourth-order valence-corrected chi connectivity index (χ4v) is 2.03. The number of fused-ring (bicyclic) bond motifs is 1. The number of hydrogen-bond donors (Lipinski definition) is 2. The molecule has 6 heteroatoms. The van der Waals surface area contributed by atoms with Gasteiger partial charge < -0.3 is 15.5 Å². The molecule has 19 heavy (non-hydrogen) atoms. The number of carbonyl (C=O) groups excluding carboxylic acids is 1. The highest BCUT2D eigenvalue weighted by atomic mass is 16.4. The fourth-order valence-electron chi connectivity index (χ4n) is 2.03. The molecular weight excluding hydrogens is 246 g/mol. The maximum absolute atomic E-state index is 11.7. The number of oxazole rings is 1. The van der Waals surface area contributed by atoms with Crippen LogP contribution in [0.4, 0.5) is 5.69 Å². The Morgan fingerprint density at radius 2 is 2.26 bits per heavy atom. The first-order chi connectivity index (χ1) is 9.13. The number of nitrogens with one attached hydrogen (secondary N) is 1. The van der Waals surface area contributed by atoms with Crippen molar-refractivity contribution in [2.45, 2.75) is 31.8 Å². The molecule has 1 aromatic heterocycles. The molecule has 0 radical (unpaired) electrons. The van der Waals surface area contributed by atoms with Gasteiger partial charge in [-0.25, -0.2) is 4.79 Å². The van der Waals surface area contributed by atoms with Gasteiger partial charge in [0, 0.05) is 24.7 Å². The molecule has 1 heterocycles. The second-order valence-electron chi connectivity index (χ2n) is 4.84. The van der Waals surface area contributed by atoms with E-state index >= 15 is 0 Å². The minimum absolute atomic E-state index is 0.0346. The van der Waals surface area contributed by atoms with E-state index in [-0.39, 0.29) is 12.3 Å².